The maximum absolute atomic E-state index is 6.03. The van der Waals surface area contributed by atoms with E-state index in [2.05, 4.69) is 5.10 Å². The van der Waals surface area contributed by atoms with Gasteiger partial charge in [-0.05, 0) is 25.1 Å². The number of nitrogens with zero attached hydrogens (tertiary/aromatic N) is 2. The van der Waals surface area contributed by atoms with E-state index in [4.69, 9.17) is 11.6 Å². The normalized spacial score (nSPS) is 10.3. The fourth-order valence-electron chi connectivity index (χ4n) is 1.25. The molecule has 0 spiro atoms. The first-order valence-electron chi connectivity index (χ1n) is 4.04. The van der Waals surface area contributed by atoms with Crippen molar-refractivity contribution in [3.8, 4) is 5.69 Å². The Kier molecular flexibility index (Phi) is 2.07. The Hall–Kier alpha value is -1.28. The van der Waals surface area contributed by atoms with Crippen LogP contribution in [0, 0.1) is 6.92 Å². The van der Waals surface area contributed by atoms with Crippen molar-refractivity contribution in [2.75, 3.05) is 0 Å². The molecule has 1 aromatic carbocycles. The van der Waals surface area contributed by atoms with E-state index in [0.29, 0.717) is 5.02 Å². The van der Waals surface area contributed by atoms with Gasteiger partial charge < -0.3 is 0 Å². The summed E-state index contributed by atoms with van der Waals surface area (Å²) in [5.74, 6) is 0. The van der Waals surface area contributed by atoms with Crippen molar-refractivity contribution in [2.45, 2.75) is 6.92 Å². The standard InChI is InChI=1S/C10H9ClN2/c1-8-6-7-12-13(8)10-5-3-2-4-9(10)11/h2-7H,1H3. The molecular weight excluding hydrogens is 184 g/mol. The van der Waals surface area contributed by atoms with Gasteiger partial charge in [-0.15, -0.1) is 0 Å². The predicted molar refractivity (Wildman–Crippen MR) is 53.3 cm³/mol. The van der Waals surface area contributed by atoms with E-state index in [9.17, 15) is 0 Å². The molecule has 0 saturated heterocycles. The summed E-state index contributed by atoms with van der Waals surface area (Å²) < 4.78 is 1.82. The number of aromatic nitrogens is 2. The van der Waals surface area contributed by atoms with Crippen molar-refractivity contribution in [2.24, 2.45) is 0 Å². The minimum atomic E-state index is 0.717. The highest BCUT2D eigenvalue weighted by atomic mass is 35.5. The average Bonchev–Trinajstić information content (AvgIpc) is 2.52. The summed E-state index contributed by atoms with van der Waals surface area (Å²) in [7, 11) is 0. The van der Waals surface area contributed by atoms with E-state index in [1.165, 1.54) is 0 Å². The molecule has 0 saturated carbocycles. The molecule has 2 aromatic rings. The van der Waals surface area contributed by atoms with E-state index in [1.54, 1.807) is 6.20 Å². The molecule has 13 heavy (non-hydrogen) atoms. The van der Waals surface area contributed by atoms with Gasteiger partial charge in [-0.3, -0.25) is 0 Å². The second kappa shape index (κ2) is 3.23. The van der Waals surface area contributed by atoms with E-state index >= 15 is 0 Å². The number of rotatable bonds is 1. The van der Waals surface area contributed by atoms with Crippen LogP contribution in [0.15, 0.2) is 36.5 Å². The summed E-state index contributed by atoms with van der Waals surface area (Å²) in [6.45, 7) is 2.00. The number of aryl methyl sites for hydroxylation is 1. The molecule has 66 valence electrons. The highest BCUT2D eigenvalue weighted by Gasteiger charge is 2.03. The quantitative estimate of drug-likeness (QED) is 0.680. The fourth-order valence-corrected chi connectivity index (χ4v) is 1.46. The second-order valence-electron chi connectivity index (χ2n) is 2.84. The van der Waals surface area contributed by atoms with E-state index in [0.717, 1.165) is 11.4 Å². The van der Waals surface area contributed by atoms with Crippen molar-refractivity contribution < 1.29 is 0 Å². The molecule has 3 heteroatoms. The molecule has 1 aromatic heterocycles. The Labute approximate surface area is 81.8 Å². The summed E-state index contributed by atoms with van der Waals surface area (Å²) in [6.07, 6.45) is 1.76. The molecule has 0 fully saturated rings. The van der Waals surface area contributed by atoms with Crippen molar-refractivity contribution in [1.29, 1.82) is 0 Å². The summed E-state index contributed by atoms with van der Waals surface area (Å²) in [5.41, 5.74) is 2.00. The summed E-state index contributed by atoms with van der Waals surface area (Å²) >= 11 is 6.03. The van der Waals surface area contributed by atoms with Crippen LogP contribution in [-0.2, 0) is 0 Å². The van der Waals surface area contributed by atoms with E-state index < -0.39 is 0 Å². The molecular formula is C10H9ClN2. The molecule has 2 nitrogen and oxygen atoms in total. The maximum Gasteiger partial charge on any atom is 0.0834 e. The Morgan fingerprint density at radius 1 is 1.23 bits per heavy atom. The highest BCUT2D eigenvalue weighted by Crippen LogP contribution is 2.19. The van der Waals surface area contributed by atoms with Gasteiger partial charge in [0.25, 0.3) is 0 Å². The van der Waals surface area contributed by atoms with Gasteiger partial charge in [0, 0.05) is 11.9 Å². The largest absolute Gasteiger partial charge is 0.237 e. The zero-order valence-corrected chi connectivity index (χ0v) is 7.99. The Morgan fingerprint density at radius 2 is 2.00 bits per heavy atom. The van der Waals surface area contributed by atoms with E-state index in [-0.39, 0.29) is 0 Å². The molecule has 0 radical (unpaired) electrons. The van der Waals surface area contributed by atoms with Gasteiger partial charge in [-0.1, -0.05) is 23.7 Å². The first-order valence-corrected chi connectivity index (χ1v) is 4.42. The minimum absolute atomic E-state index is 0.717. The molecule has 0 atom stereocenters. The Morgan fingerprint density at radius 3 is 2.62 bits per heavy atom. The maximum atomic E-state index is 6.03. The van der Waals surface area contributed by atoms with Crippen molar-refractivity contribution in [1.82, 2.24) is 9.78 Å². The number of para-hydroxylation sites is 1. The average molecular weight is 193 g/mol. The van der Waals surface area contributed by atoms with Crippen LogP contribution < -0.4 is 0 Å². The van der Waals surface area contributed by atoms with Crippen LogP contribution in [0.2, 0.25) is 5.02 Å². The molecule has 0 aliphatic carbocycles. The lowest BCUT2D eigenvalue weighted by Gasteiger charge is -2.05. The molecule has 0 bridgehead atoms. The van der Waals surface area contributed by atoms with Crippen LogP contribution in [0.1, 0.15) is 5.69 Å². The van der Waals surface area contributed by atoms with Crippen LogP contribution in [-0.4, -0.2) is 9.78 Å². The van der Waals surface area contributed by atoms with Gasteiger partial charge in [-0.2, -0.15) is 5.10 Å². The van der Waals surface area contributed by atoms with Crippen molar-refractivity contribution >= 4 is 11.6 Å². The smallest absolute Gasteiger partial charge is 0.0834 e. The number of hydrogen-bond acceptors (Lipinski definition) is 1. The highest BCUT2D eigenvalue weighted by molar-refractivity contribution is 6.32. The lowest BCUT2D eigenvalue weighted by molar-refractivity contribution is 0.847. The molecule has 2 rings (SSSR count). The lowest BCUT2D eigenvalue weighted by Crippen LogP contribution is -1.98. The van der Waals surface area contributed by atoms with Gasteiger partial charge >= 0.3 is 0 Å². The van der Waals surface area contributed by atoms with Gasteiger partial charge in [-0.25, -0.2) is 4.68 Å². The number of hydrogen-bond donors (Lipinski definition) is 0. The van der Waals surface area contributed by atoms with Crippen LogP contribution in [0.3, 0.4) is 0 Å². The third-order valence-electron chi connectivity index (χ3n) is 1.91. The van der Waals surface area contributed by atoms with Gasteiger partial charge in [0.1, 0.15) is 0 Å². The van der Waals surface area contributed by atoms with Gasteiger partial charge in [0.15, 0.2) is 0 Å². The third-order valence-corrected chi connectivity index (χ3v) is 2.23. The fraction of sp³-hybridized carbons (Fsp3) is 0.100. The van der Waals surface area contributed by atoms with Crippen LogP contribution >= 0.6 is 11.6 Å². The van der Waals surface area contributed by atoms with Gasteiger partial charge in [0.2, 0.25) is 0 Å². The summed E-state index contributed by atoms with van der Waals surface area (Å²) in [4.78, 5) is 0. The molecule has 0 amide bonds. The Bertz CT molecular complexity index is 420. The summed E-state index contributed by atoms with van der Waals surface area (Å²) in [6, 6.07) is 9.61. The molecule has 0 aliphatic rings. The van der Waals surface area contributed by atoms with Crippen molar-refractivity contribution in [3.63, 3.8) is 0 Å². The van der Waals surface area contributed by atoms with Crippen LogP contribution in [0.25, 0.3) is 5.69 Å². The van der Waals surface area contributed by atoms with Crippen LogP contribution in [0.4, 0.5) is 0 Å². The molecule has 1 heterocycles. The lowest BCUT2D eigenvalue weighted by atomic mass is 10.3. The summed E-state index contributed by atoms with van der Waals surface area (Å²) in [5, 5.41) is 4.90. The molecule has 0 unspecified atom stereocenters. The third kappa shape index (κ3) is 1.45. The number of halogens is 1. The van der Waals surface area contributed by atoms with Crippen LogP contribution in [0.5, 0.6) is 0 Å². The zero-order chi connectivity index (χ0) is 9.26. The Balaban J connectivity index is 2.59. The minimum Gasteiger partial charge on any atom is -0.237 e. The van der Waals surface area contributed by atoms with E-state index in [1.807, 2.05) is 41.9 Å². The second-order valence-corrected chi connectivity index (χ2v) is 3.24. The van der Waals surface area contributed by atoms with Crippen molar-refractivity contribution in [3.05, 3.63) is 47.2 Å². The first-order chi connectivity index (χ1) is 6.29. The number of benzene rings is 1. The molecule has 0 aliphatic heterocycles. The zero-order valence-electron chi connectivity index (χ0n) is 7.24. The SMILES string of the molecule is Cc1ccnn1-c1ccccc1Cl. The topological polar surface area (TPSA) is 17.8 Å². The van der Waals surface area contributed by atoms with Gasteiger partial charge in [0.05, 0.1) is 10.7 Å². The molecule has 0 N–H and O–H groups in total. The predicted octanol–water partition coefficient (Wildman–Crippen LogP) is 2.83. The first kappa shape index (κ1) is 8.32. The monoisotopic (exact) mass is 192 g/mol.